The summed E-state index contributed by atoms with van der Waals surface area (Å²) in [5.41, 5.74) is -0.677. The topological polar surface area (TPSA) is 12.0 Å². The van der Waals surface area contributed by atoms with Gasteiger partial charge >= 0.3 is 6.18 Å². The molecule has 0 radical (unpaired) electrons. The molecule has 0 saturated heterocycles. The number of nitrogens with one attached hydrogen (secondary N) is 1. The van der Waals surface area contributed by atoms with Crippen LogP contribution in [0.5, 0.6) is 0 Å². The maximum atomic E-state index is 13.1. The Kier molecular flexibility index (Phi) is 4.21. The van der Waals surface area contributed by atoms with Crippen molar-refractivity contribution in [2.75, 3.05) is 0 Å². The van der Waals surface area contributed by atoms with Gasteiger partial charge in [-0.1, -0.05) is 6.07 Å². The lowest BCUT2D eigenvalue weighted by atomic mass is 10.1. The Morgan fingerprint density at radius 2 is 1.89 bits per heavy atom. The summed E-state index contributed by atoms with van der Waals surface area (Å²) < 4.78 is 50.7. The maximum Gasteiger partial charge on any atom is 0.416 e. The molecular formula is C13H11F4NS. The Hall–Kier alpha value is -1.40. The van der Waals surface area contributed by atoms with Gasteiger partial charge in [-0.3, -0.25) is 0 Å². The number of benzene rings is 1. The molecule has 0 amide bonds. The van der Waals surface area contributed by atoms with Crippen LogP contribution in [0.2, 0.25) is 0 Å². The molecule has 0 aliphatic carbocycles. The molecule has 0 bridgehead atoms. The first kappa shape index (κ1) is 14.0. The average Bonchev–Trinajstić information content (AvgIpc) is 2.80. The normalized spacial score (nSPS) is 11.8. The van der Waals surface area contributed by atoms with Gasteiger partial charge in [-0.25, -0.2) is 4.39 Å². The van der Waals surface area contributed by atoms with Crippen molar-refractivity contribution in [2.45, 2.75) is 19.3 Å². The first-order chi connectivity index (χ1) is 8.95. The van der Waals surface area contributed by atoms with Gasteiger partial charge in [0.25, 0.3) is 0 Å². The van der Waals surface area contributed by atoms with Gasteiger partial charge in [0.15, 0.2) is 0 Å². The van der Waals surface area contributed by atoms with E-state index in [4.69, 9.17) is 0 Å². The number of thiophene rings is 1. The fraction of sp³-hybridized carbons (Fsp3) is 0.231. The van der Waals surface area contributed by atoms with E-state index in [0.717, 1.165) is 17.0 Å². The van der Waals surface area contributed by atoms with Crippen LogP contribution in [0.3, 0.4) is 0 Å². The zero-order valence-electron chi connectivity index (χ0n) is 9.80. The molecule has 1 aromatic heterocycles. The molecule has 2 rings (SSSR count). The Morgan fingerprint density at radius 1 is 1.11 bits per heavy atom. The maximum absolute atomic E-state index is 13.1. The molecule has 0 saturated carbocycles. The minimum atomic E-state index is -4.52. The van der Waals surface area contributed by atoms with Crippen molar-refractivity contribution in [3.63, 3.8) is 0 Å². The fourth-order valence-electron chi connectivity index (χ4n) is 1.66. The number of hydrogen-bond donors (Lipinski definition) is 1. The molecular weight excluding hydrogens is 278 g/mol. The van der Waals surface area contributed by atoms with Crippen LogP contribution in [0, 0.1) is 5.82 Å². The van der Waals surface area contributed by atoms with Gasteiger partial charge in [0, 0.05) is 18.0 Å². The van der Waals surface area contributed by atoms with Crippen molar-refractivity contribution < 1.29 is 17.6 Å². The largest absolute Gasteiger partial charge is 0.416 e. The first-order valence-corrected chi connectivity index (χ1v) is 6.43. The van der Waals surface area contributed by atoms with Crippen LogP contribution in [0.1, 0.15) is 16.0 Å². The fourth-order valence-corrected chi connectivity index (χ4v) is 2.33. The van der Waals surface area contributed by atoms with Crippen LogP contribution in [0.4, 0.5) is 17.6 Å². The van der Waals surface area contributed by atoms with E-state index in [1.807, 2.05) is 17.5 Å². The Bertz CT molecular complexity index is 534. The molecule has 2 aromatic rings. The molecule has 1 aromatic carbocycles. The Morgan fingerprint density at radius 3 is 2.53 bits per heavy atom. The zero-order valence-corrected chi connectivity index (χ0v) is 10.6. The van der Waals surface area contributed by atoms with Crippen LogP contribution < -0.4 is 5.32 Å². The van der Waals surface area contributed by atoms with Gasteiger partial charge in [0.05, 0.1) is 5.56 Å². The molecule has 102 valence electrons. The summed E-state index contributed by atoms with van der Waals surface area (Å²) in [6, 6.07) is 6.39. The van der Waals surface area contributed by atoms with E-state index >= 15 is 0 Å². The van der Waals surface area contributed by atoms with Gasteiger partial charge in [-0.2, -0.15) is 13.2 Å². The molecule has 6 heteroatoms. The quantitative estimate of drug-likeness (QED) is 0.832. The highest BCUT2D eigenvalue weighted by Crippen LogP contribution is 2.30. The molecule has 1 N–H and O–H groups in total. The summed E-state index contributed by atoms with van der Waals surface area (Å²) in [7, 11) is 0. The number of halogens is 4. The SMILES string of the molecule is Fc1cc(CNCc2cccs2)cc(C(F)(F)F)c1. The summed E-state index contributed by atoms with van der Waals surface area (Å²) in [6.07, 6.45) is -4.52. The van der Waals surface area contributed by atoms with Crippen molar-refractivity contribution in [3.05, 3.63) is 57.5 Å². The summed E-state index contributed by atoms with van der Waals surface area (Å²) in [4.78, 5) is 1.08. The van der Waals surface area contributed by atoms with Gasteiger partial charge in [0.1, 0.15) is 5.82 Å². The number of alkyl halides is 3. The highest BCUT2D eigenvalue weighted by molar-refractivity contribution is 7.09. The van der Waals surface area contributed by atoms with Crippen molar-refractivity contribution >= 4 is 11.3 Å². The standard InChI is InChI=1S/C13H11F4NS/c14-11-5-9(4-10(6-11)13(15,16)17)7-18-8-12-2-1-3-19-12/h1-6,18H,7-8H2. The molecule has 0 spiro atoms. The average molecular weight is 289 g/mol. The summed E-state index contributed by atoms with van der Waals surface area (Å²) in [5.74, 6) is -0.872. The third kappa shape index (κ3) is 4.04. The highest BCUT2D eigenvalue weighted by atomic mass is 32.1. The lowest BCUT2D eigenvalue weighted by molar-refractivity contribution is -0.137. The van der Waals surface area contributed by atoms with E-state index in [1.165, 1.54) is 0 Å². The molecule has 0 aliphatic heterocycles. The first-order valence-electron chi connectivity index (χ1n) is 5.55. The monoisotopic (exact) mass is 289 g/mol. The lowest BCUT2D eigenvalue weighted by Crippen LogP contribution is -2.13. The van der Waals surface area contributed by atoms with E-state index in [0.29, 0.717) is 12.6 Å². The van der Waals surface area contributed by atoms with Crippen LogP contribution in [-0.2, 0) is 19.3 Å². The second-order valence-electron chi connectivity index (χ2n) is 4.03. The Balaban J connectivity index is 2.02. The van der Waals surface area contributed by atoms with Gasteiger partial charge in [0.2, 0.25) is 0 Å². The smallest absolute Gasteiger partial charge is 0.308 e. The van der Waals surface area contributed by atoms with Crippen molar-refractivity contribution in [2.24, 2.45) is 0 Å². The number of hydrogen-bond acceptors (Lipinski definition) is 2. The second kappa shape index (κ2) is 5.71. The lowest BCUT2D eigenvalue weighted by Gasteiger charge is -2.10. The van der Waals surface area contributed by atoms with E-state index in [1.54, 1.807) is 11.3 Å². The molecule has 0 fully saturated rings. The minimum Gasteiger partial charge on any atom is -0.308 e. The molecule has 0 unspecified atom stereocenters. The van der Waals surface area contributed by atoms with E-state index in [9.17, 15) is 17.6 Å². The van der Waals surface area contributed by atoms with Crippen LogP contribution in [0.25, 0.3) is 0 Å². The summed E-state index contributed by atoms with van der Waals surface area (Å²) in [6.45, 7) is 0.744. The van der Waals surface area contributed by atoms with Gasteiger partial charge < -0.3 is 5.32 Å². The molecule has 1 heterocycles. The van der Waals surface area contributed by atoms with E-state index < -0.39 is 17.6 Å². The molecule has 19 heavy (non-hydrogen) atoms. The third-order valence-corrected chi connectivity index (χ3v) is 3.37. The molecule has 1 nitrogen and oxygen atoms in total. The van der Waals surface area contributed by atoms with Gasteiger partial charge in [-0.15, -0.1) is 11.3 Å². The Labute approximate surface area is 111 Å². The molecule has 0 aliphatic rings. The predicted molar refractivity (Wildman–Crippen MR) is 66.3 cm³/mol. The third-order valence-electron chi connectivity index (χ3n) is 2.49. The van der Waals surface area contributed by atoms with Crippen molar-refractivity contribution in [1.82, 2.24) is 5.32 Å². The van der Waals surface area contributed by atoms with Crippen molar-refractivity contribution in [3.8, 4) is 0 Å². The summed E-state index contributed by atoms with van der Waals surface area (Å²) >= 11 is 1.55. The predicted octanol–water partition coefficient (Wildman–Crippen LogP) is 4.20. The van der Waals surface area contributed by atoms with E-state index in [2.05, 4.69) is 5.32 Å². The zero-order chi connectivity index (χ0) is 13.9. The highest BCUT2D eigenvalue weighted by Gasteiger charge is 2.31. The van der Waals surface area contributed by atoms with Gasteiger partial charge in [-0.05, 0) is 35.2 Å². The van der Waals surface area contributed by atoms with Crippen LogP contribution in [0.15, 0.2) is 35.7 Å². The van der Waals surface area contributed by atoms with Crippen molar-refractivity contribution in [1.29, 1.82) is 0 Å². The molecule has 0 atom stereocenters. The summed E-state index contributed by atoms with van der Waals surface area (Å²) in [5, 5.41) is 4.90. The van der Waals surface area contributed by atoms with E-state index in [-0.39, 0.29) is 12.1 Å². The number of rotatable bonds is 4. The van der Waals surface area contributed by atoms with Crippen LogP contribution in [-0.4, -0.2) is 0 Å². The second-order valence-corrected chi connectivity index (χ2v) is 5.06. The minimum absolute atomic E-state index is 0.193. The van der Waals surface area contributed by atoms with Crippen LogP contribution >= 0.6 is 11.3 Å².